The lowest BCUT2D eigenvalue weighted by atomic mass is 9.65. The van der Waals surface area contributed by atoms with E-state index in [2.05, 4.69) is 10.6 Å². The minimum absolute atomic E-state index is 0.255. The van der Waals surface area contributed by atoms with Crippen molar-refractivity contribution in [2.75, 3.05) is 11.9 Å². The molecule has 0 saturated carbocycles. The molecule has 0 aromatic heterocycles. The number of anilines is 1. The van der Waals surface area contributed by atoms with E-state index >= 15 is 0 Å². The van der Waals surface area contributed by atoms with Crippen molar-refractivity contribution < 1.29 is 24.2 Å². The standard InChI is InChI=1S/C28H32ClN3O5/c1-3-27-13-14-28(37-27)22(21(27)24(34)30-15-18-9-5-4-6-10-18)26(36)32(17(2)16-33)23(28)25(35)31-20-12-8-7-11-19(20)29/h4-12,17,21-23,33H,3,13-16H2,1-2H3,(H,30,34)(H,31,35)/t17-,21-,22+,23?,27+,28?/m1/s1. The first-order valence-corrected chi connectivity index (χ1v) is 13.2. The number of hydrogen-bond acceptors (Lipinski definition) is 5. The maximum Gasteiger partial charge on any atom is 0.250 e. The van der Waals surface area contributed by atoms with Gasteiger partial charge in [0.15, 0.2) is 0 Å². The second-order valence-electron chi connectivity index (χ2n) is 10.3. The van der Waals surface area contributed by atoms with Crippen molar-refractivity contribution in [2.45, 2.75) is 62.9 Å². The first-order chi connectivity index (χ1) is 17.8. The van der Waals surface area contributed by atoms with Gasteiger partial charge < -0.3 is 25.4 Å². The summed E-state index contributed by atoms with van der Waals surface area (Å²) in [6, 6.07) is 14.8. The molecule has 3 heterocycles. The maximum atomic E-state index is 14.0. The van der Waals surface area contributed by atoms with Gasteiger partial charge in [-0.2, -0.15) is 0 Å². The molecule has 196 valence electrons. The van der Waals surface area contributed by atoms with Crippen molar-refractivity contribution in [3.8, 4) is 0 Å². The molecule has 0 radical (unpaired) electrons. The molecule has 3 saturated heterocycles. The Bertz CT molecular complexity index is 1210. The summed E-state index contributed by atoms with van der Waals surface area (Å²) in [5, 5.41) is 16.2. The molecular formula is C28H32ClN3O5. The van der Waals surface area contributed by atoms with E-state index in [4.69, 9.17) is 16.3 Å². The quantitative estimate of drug-likeness (QED) is 0.491. The highest BCUT2D eigenvalue weighted by Gasteiger charge is 2.78. The summed E-state index contributed by atoms with van der Waals surface area (Å²) in [6.07, 6.45) is 1.57. The molecule has 2 aromatic carbocycles. The molecule has 3 fully saturated rings. The summed E-state index contributed by atoms with van der Waals surface area (Å²) in [5.74, 6) is -2.60. The summed E-state index contributed by atoms with van der Waals surface area (Å²) in [7, 11) is 0. The van der Waals surface area contributed by atoms with Crippen molar-refractivity contribution in [3.05, 3.63) is 65.2 Å². The Morgan fingerprint density at radius 1 is 1.14 bits per heavy atom. The third kappa shape index (κ3) is 4.02. The van der Waals surface area contributed by atoms with Crippen LogP contribution in [-0.2, 0) is 25.7 Å². The molecule has 8 nitrogen and oxygen atoms in total. The zero-order valence-corrected chi connectivity index (χ0v) is 21.7. The van der Waals surface area contributed by atoms with Crippen LogP contribution >= 0.6 is 11.6 Å². The number of para-hydroxylation sites is 1. The highest BCUT2D eigenvalue weighted by Crippen LogP contribution is 2.64. The number of carbonyl (C=O) groups excluding carboxylic acids is 3. The van der Waals surface area contributed by atoms with Gasteiger partial charge >= 0.3 is 0 Å². The monoisotopic (exact) mass is 525 g/mol. The number of aliphatic hydroxyl groups excluding tert-OH is 1. The Morgan fingerprint density at radius 3 is 2.51 bits per heavy atom. The van der Waals surface area contributed by atoms with Gasteiger partial charge in [-0.3, -0.25) is 14.4 Å². The van der Waals surface area contributed by atoms with Crippen LogP contribution in [0, 0.1) is 11.8 Å². The summed E-state index contributed by atoms with van der Waals surface area (Å²) < 4.78 is 6.70. The minimum Gasteiger partial charge on any atom is -0.394 e. The first kappa shape index (κ1) is 25.7. The van der Waals surface area contributed by atoms with Crippen LogP contribution in [0.2, 0.25) is 5.02 Å². The van der Waals surface area contributed by atoms with E-state index < -0.39 is 41.0 Å². The molecule has 3 amide bonds. The number of fused-ring (bicyclic) bond motifs is 1. The van der Waals surface area contributed by atoms with Crippen LogP contribution in [0.3, 0.4) is 0 Å². The van der Waals surface area contributed by atoms with E-state index in [0.29, 0.717) is 36.5 Å². The van der Waals surface area contributed by atoms with E-state index in [9.17, 15) is 19.5 Å². The van der Waals surface area contributed by atoms with Gasteiger partial charge in [-0.25, -0.2) is 0 Å². The molecular weight excluding hydrogens is 494 g/mol. The fourth-order valence-corrected chi connectivity index (χ4v) is 6.76. The predicted octanol–water partition coefficient (Wildman–Crippen LogP) is 3.13. The highest BCUT2D eigenvalue weighted by atomic mass is 35.5. The summed E-state index contributed by atoms with van der Waals surface area (Å²) >= 11 is 6.29. The van der Waals surface area contributed by atoms with Crippen LogP contribution in [0.4, 0.5) is 5.69 Å². The van der Waals surface area contributed by atoms with Crippen molar-refractivity contribution >= 4 is 35.0 Å². The van der Waals surface area contributed by atoms with Gasteiger partial charge in [0, 0.05) is 6.54 Å². The zero-order valence-electron chi connectivity index (χ0n) is 20.9. The van der Waals surface area contributed by atoms with Crippen molar-refractivity contribution in [1.29, 1.82) is 0 Å². The second-order valence-corrected chi connectivity index (χ2v) is 10.7. The number of nitrogens with zero attached hydrogens (tertiary/aromatic N) is 1. The maximum absolute atomic E-state index is 14.0. The van der Waals surface area contributed by atoms with Gasteiger partial charge in [0.25, 0.3) is 0 Å². The van der Waals surface area contributed by atoms with E-state index in [1.54, 1.807) is 31.2 Å². The molecule has 2 unspecified atom stereocenters. The molecule has 1 spiro atoms. The Balaban J connectivity index is 1.50. The molecule has 37 heavy (non-hydrogen) atoms. The number of aliphatic hydroxyl groups is 1. The number of nitrogens with one attached hydrogen (secondary N) is 2. The number of likely N-dealkylation sites (tertiary alicyclic amines) is 1. The van der Waals surface area contributed by atoms with E-state index in [1.807, 2.05) is 37.3 Å². The molecule has 9 heteroatoms. The van der Waals surface area contributed by atoms with Crippen LogP contribution in [-0.4, -0.2) is 57.6 Å². The van der Waals surface area contributed by atoms with Gasteiger partial charge in [0.05, 0.1) is 40.8 Å². The van der Waals surface area contributed by atoms with Crippen LogP contribution in [0.5, 0.6) is 0 Å². The lowest BCUT2D eigenvalue weighted by Gasteiger charge is -2.36. The van der Waals surface area contributed by atoms with Crippen LogP contribution in [0.25, 0.3) is 0 Å². The van der Waals surface area contributed by atoms with Crippen LogP contribution < -0.4 is 10.6 Å². The average molecular weight is 526 g/mol. The number of rotatable bonds is 8. The third-order valence-corrected chi connectivity index (χ3v) is 8.66. The third-order valence-electron chi connectivity index (χ3n) is 8.33. The molecule has 3 aliphatic heterocycles. The number of benzene rings is 2. The van der Waals surface area contributed by atoms with Crippen molar-refractivity contribution in [3.63, 3.8) is 0 Å². The highest BCUT2D eigenvalue weighted by molar-refractivity contribution is 6.33. The van der Waals surface area contributed by atoms with E-state index in [1.165, 1.54) is 4.90 Å². The van der Waals surface area contributed by atoms with Crippen molar-refractivity contribution in [1.82, 2.24) is 10.2 Å². The molecule has 6 atom stereocenters. The lowest BCUT2D eigenvalue weighted by molar-refractivity contribution is -0.148. The number of hydrogen-bond donors (Lipinski definition) is 3. The largest absolute Gasteiger partial charge is 0.394 e. The summed E-state index contributed by atoms with van der Waals surface area (Å²) in [5.41, 5.74) is -0.631. The molecule has 2 aromatic rings. The summed E-state index contributed by atoms with van der Waals surface area (Å²) in [6.45, 7) is 3.65. The van der Waals surface area contributed by atoms with Crippen LogP contribution in [0.15, 0.2) is 54.6 Å². The number of halogens is 1. The number of carbonyl (C=O) groups is 3. The predicted molar refractivity (Wildman–Crippen MR) is 139 cm³/mol. The normalized spacial score (nSPS) is 30.8. The Labute approximate surface area is 221 Å². The van der Waals surface area contributed by atoms with Gasteiger partial charge in [-0.05, 0) is 43.9 Å². The Morgan fingerprint density at radius 2 is 1.84 bits per heavy atom. The van der Waals surface area contributed by atoms with Gasteiger partial charge in [0.2, 0.25) is 17.7 Å². The Kier molecular flexibility index (Phi) is 6.77. The molecule has 5 rings (SSSR count). The molecule has 3 N–H and O–H groups in total. The Hall–Kier alpha value is -2.94. The lowest BCUT2D eigenvalue weighted by Crippen LogP contribution is -2.55. The fourth-order valence-electron chi connectivity index (χ4n) is 6.57. The minimum atomic E-state index is -1.17. The SMILES string of the molecule is CC[C@@]12CCC3(O1)C(C(=O)Nc1ccccc1Cl)N([C@H](C)CO)C(=O)[C@@H]3[C@@H]2C(=O)NCc1ccccc1. The van der Waals surface area contributed by atoms with Crippen molar-refractivity contribution in [2.24, 2.45) is 11.8 Å². The molecule has 0 aliphatic carbocycles. The van der Waals surface area contributed by atoms with Gasteiger partial charge in [-0.1, -0.05) is 61.0 Å². The number of amides is 3. The van der Waals surface area contributed by atoms with E-state index in [0.717, 1.165) is 5.56 Å². The fraction of sp³-hybridized carbons (Fsp3) is 0.464. The van der Waals surface area contributed by atoms with Gasteiger partial charge in [0.1, 0.15) is 11.6 Å². The van der Waals surface area contributed by atoms with Crippen LogP contribution in [0.1, 0.15) is 38.7 Å². The average Bonchev–Trinajstić information content (AvgIpc) is 3.52. The smallest absolute Gasteiger partial charge is 0.250 e. The van der Waals surface area contributed by atoms with E-state index in [-0.39, 0.29) is 18.4 Å². The van der Waals surface area contributed by atoms with Gasteiger partial charge in [-0.15, -0.1) is 0 Å². The molecule has 3 aliphatic rings. The first-order valence-electron chi connectivity index (χ1n) is 12.8. The number of ether oxygens (including phenoxy) is 1. The molecule has 2 bridgehead atoms. The summed E-state index contributed by atoms with van der Waals surface area (Å²) in [4.78, 5) is 42.9. The second kappa shape index (κ2) is 9.74. The zero-order chi connectivity index (χ0) is 26.4. The topological polar surface area (TPSA) is 108 Å².